The summed E-state index contributed by atoms with van der Waals surface area (Å²) >= 11 is 0. The summed E-state index contributed by atoms with van der Waals surface area (Å²) in [5.74, 6) is 0.814. The molecule has 158 valence electrons. The molecule has 0 aliphatic carbocycles. The Morgan fingerprint density at radius 1 is 1.03 bits per heavy atom. The highest BCUT2D eigenvalue weighted by Crippen LogP contribution is 2.30. The van der Waals surface area contributed by atoms with Gasteiger partial charge in [-0.05, 0) is 48.7 Å². The number of carbonyl (C=O) groups is 1. The van der Waals surface area contributed by atoms with Gasteiger partial charge >= 0.3 is 6.18 Å². The summed E-state index contributed by atoms with van der Waals surface area (Å²) in [4.78, 5) is 12.1. The van der Waals surface area contributed by atoms with E-state index in [4.69, 9.17) is 14.2 Å². The van der Waals surface area contributed by atoms with Crippen LogP contribution in [0.1, 0.15) is 24.5 Å². The van der Waals surface area contributed by atoms with E-state index in [0.717, 1.165) is 16.9 Å². The van der Waals surface area contributed by atoms with Crippen LogP contribution in [0.2, 0.25) is 0 Å². The molecular formula is C21H24F3NO4. The summed E-state index contributed by atoms with van der Waals surface area (Å²) in [6.07, 6.45) is -3.78. The van der Waals surface area contributed by atoms with Crippen LogP contribution in [0, 0.1) is 0 Å². The number of rotatable bonds is 10. The number of benzene rings is 2. The average molecular weight is 411 g/mol. The van der Waals surface area contributed by atoms with E-state index >= 15 is 0 Å². The lowest BCUT2D eigenvalue weighted by Gasteiger charge is -2.13. The Morgan fingerprint density at radius 2 is 1.83 bits per heavy atom. The second-order valence-electron chi connectivity index (χ2n) is 6.25. The third kappa shape index (κ3) is 7.93. The molecule has 0 radical (unpaired) electrons. The maximum atomic E-state index is 12.3. The number of nitrogens with one attached hydrogen (secondary N) is 1. The van der Waals surface area contributed by atoms with Crippen molar-refractivity contribution in [1.29, 1.82) is 0 Å². The SMILES string of the molecule is CCOc1cccc(CNC(=O)CCc2ccc(OCC(F)(F)F)c(OC)c2)c1. The quantitative estimate of drug-likeness (QED) is 0.634. The zero-order valence-corrected chi connectivity index (χ0v) is 16.3. The van der Waals surface area contributed by atoms with Crippen LogP contribution < -0.4 is 19.5 Å². The molecule has 0 heterocycles. The van der Waals surface area contributed by atoms with Gasteiger partial charge in [0, 0.05) is 13.0 Å². The predicted molar refractivity (Wildman–Crippen MR) is 102 cm³/mol. The van der Waals surface area contributed by atoms with Gasteiger partial charge in [-0.3, -0.25) is 4.79 Å². The number of halogens is 3. The number of hydrogen-bond donors (Lipinski definition) is 1. The first-order valence-electron chi connectivity index (χ1n) is 9.15. The topological polar surface area (TPSA) is 56.8 Å². The average Bonchev–Trinajstić information content (AvgIpc) is 2.69. The number of ether oxygens (including phenoxy) is 3. The van der Waals surface area contributed by atoms with Crippen molar-refractivity contribution in [1.82, 2.24) is 5.32 Å². The van der Waals surface area contributed by atoms with Crippen LogP contribution in [0.4, 0.5) is 13.2 Å². The molecule has 8 heteroatoms. The zero-order valence-electron chi connectivity index (χ0n) is 16.3. The first-order chi connectivity index (χ1) is 13.8. The molecule has 1 amide bonds. The molecule has 0 spiro atoms. The van der Waals surface area contributed by atoms with Crippen molar-refractivity contribution in [2.24, 2.45) is 0 Å². The van der Waals surface area contributed by atoms with Crippen molar-refractivity contribution < 1.29 is 32.2 Å². The Kier molecular flexibility index (Phi) is 8.18. The van der Waals surface area contributed by atoms with Gasteiger partial charge in [0.25, 0.3) is 0 Å². The van der Waals surface area contributed by atoms with E-state index in [2.05, 4.69) is 5.32 Å². The maximum Gasteiger partial charge on any atom is 0.422 e. The molecule has 5 nitrogen and oxygen atoms in total. The Balaban J connectivity index is 1.85. The summed E-state index contributed by atoms with van der Waals surface area (Å²) in [6.45, 7) is 1.46. The lowest BCUT2D eigenvalue weighted by Crippen LogP contribution is -2.23. The number of carbonyl (C=O) groups excluding carboxylic acids is 1. The lowest BCUT2D eigenvalue weighted by molar-refractivity contribution is -0.153. The summed E-state index contributed by atoms with van der Waals surface area (Å²) in [7, 11) is 1.35. The molecule has 29 heavy (non-hydrogen) atoms. The van der Waals surface area contributed by atoms with Crippen LogP contribution in [-0.2, 0) is 17.8 Å². The third-order valence-electron chi connectivity index (χ3n) is 3.96. The summed E-state index contributed by atoms with van der Waals surface area (Å²) < 4.78 is 52.2. The molecule has 0 aromatic heterocycles. The summed E-state index contributed by atoms with van der Waals surface area (Å²) in [6, 6.07) is 12.1. The van der Waals surface area contributed by atoms with Gasteiger partial charge in [0.2, 0.25) is 5.91 Å². The smallest absolute Gasteiger partial charge is 0.422 e. The highest BCUT2D eigenvalue weighted by Gasteiger charge is 2.29. The van der Waals surface area contributed by atoms with Crippen LogP contribution in [0.5, 0.6) is 17.2 Å². The Labute approximate surface area is 167 Å². The fraction of sp³-hybridized carbons (Fsp3) is 0.381. The fourth-order valence-electron chi connectivity index (χ4n) is 2.61. The minimum absolute atomic E-state index is 0.00667. The fourth-order valence-corrected chi connectivity index (χ4v) is 2.61. The van der Waals surface area contributed by atoms with Gasteiger partial charge in [0.15, 0.2) is 18.1 Å². The van der Waals surface area contributed by atoms with Gasteiger partial charge < -0.3 is 19.5 Å². The van der Waals surface area contributed by atoms with Gasteiger partial charge in [0.05, 0.1) is 13.7 Å². The molecule has 0 fully saturated rings. The van der Waals surface area contributed by atoms with Crippen LogP contribution in [0.3, 0.4) is 0 Å². The largest absolute Gasteiger partial charge is 0.494 e. The molecule has 0 aliphatic heterocycles. The van der Waals surface area contributed by atoms with Gasteiger partial charge in [-0.25, -0.2) is 0 Å². The van der Waals surface area contributed by atoms with Crippen molar-refractivity contribution in [2.75, 3.05) is 20.3 Å². The van der Waals surface area contributed by atoms with Gasteiger partial charge in [-0.1, -0.05) is 18.2 Å². The molecule has 0 bridgehead atoms. The Bertz CT molecular complexity index is 809. The number of methoxy groups -OCH3 is 1. The van der Waals surface area contributed by atoms with Crippen LogP contribution in [0.15, 0.2) is 42.5 Å². The molecule has 2 rings (SSSR count). The Hall–Kier alpha value is -2.90. The lowest BCUT2D eigenvalue weighted by atomic mass is 10.1. The molecule has 0 saturated heterocycles. The van der Waals surface area contributed by atoms with E-state index in [1.54, 1.807) is 12.1 Å². The molecule has 0 saturated carbocycles. The highest BCUT2D eigenvalue weighted by atomic mass is 19.4. The van der Waals surface area contributed by atoms with Crippen LogP contribution in [0.25, 0.3) is 0 Å². The van der Waals surface area contributed by atoms with Crippen molar-refractivity contribution in [3.8, 4) is 17.2 Å². The molecule has 2 aromatic rings. The zero-order chi connectivity index (χ0) is 21.3. The van der Waals surface area contributed by atoms with E-state index in [0.29, 0.717) is 19.6 Å². The number of hydrogen-bond acceptors (Lipinski definition) is 4. The van der Waals surface area contributed by atoms with Crippen molar-refractivity contribution in [2.45, 2.75) is 32.5 Å². The molecule has 0 unspecified atom stereocenters. The number of aryl methyl sites for hydroxylation is 1. The van der Waals surface area contributed by atoms with E-state index in [1.807, 2.05) is 31.2 Å². The minimum atomic E-state index is -4.43. The van der Waals surface area contributed by atoms with Crippen LogP contribution in [-0.4, -0.2) is 32.4 Å². The molecule has 0 atom stereocenters. The van der Waals surface area contributed by atoms with E-state index in [-0.39, 0.29) is 23.8 Å². The van der Waals surface area contributed by atoms with Crippen LogP contribution >= 0.6 is 0 Å². The van der Waals surface area contributed by atoms with Crippen molar-refractivity contribution >= 4 is 5.91 Å². The molecule has 2 aromatic carbocycles. The van der Waals surface area contributed by atoms with Crippen molar-refractivity contribution in [3.05, 3.63) is 53.6 Å². The van der Waals surface area contributed by atoms with Gasteiger partial charge in [0.1, 0.15) is 5.75 Å². The van der Waals surface area contributed by atoms with E-state index in [9.17, 15) is 18.0 Å². The first kappa shape index (κ1) is 22.4. The first-order valence-corrected chi connectivity index (χ1v) is 9.15. The summed E-state index contributed by atoms with van der Waals surface area (Å²) in [5.41, 5.74) is 1.69. The monoisotopic (exact) mass is 411 g/mol. The molecule has 0 aliphatic rings. The minimum Gasteiger partial charge on any atom is -0.494 e. The van der Waals surface area contributed by atoms with Crippen molar-refractivity contribution in [3.63, 3.8) is 0 Å². The Morgan fingerprint density at radius 3 is 2.52 bits per heavy atom. The van der Waals surface area contributed by atoms with E-state index < -0.39 is 12.8 Å². The third-order valence-corrected chi connectivity index (χ3v) is 3.96. The molecular weight excluding hydrogens is 387 g/mol. The standard InChI is InChI=1S/C21H24F3NO4/c1-3-28-17-6-4-5-16(11-17)13-25-20(26)10-8-15-7-9-18(19(12-15)27-2)29-14-21(22,23)24/h4-7,9,11-12H,3,8,10,13-14H2,1-2H3,(H,25,26). The number of alkyl halides is 3. The van der Waals surface area contributed by atoms with Gasteiger partial charge in [-0.15, -0.1) is 0 Å². The highest BCUT2D eigenvalue weighted by molar-refractivity contribution is 5.76. The molecule has 1 N–H and O–H groups in total. The normalized spacial score (nSPS) is 11.1. The van der Waals surface area contributed by atoms with E-state index in [1.165, 1.54) is 13.2 Å². The van der Waals surface area contributed by atoms with Gasteiger partial charge in [-0.2, -0.15) is 13.2 Å². The number of amides is 1. The maximum absolute atomic E-state index is 12.3. The second kappa shape index (κ2) is 10.6. The predicted octanol–water partition coefficient (Wildman–Crippen LogP) is 4.28. The summed E-state index contributed by atoms with van der Waals surface area (Å²) in [5, 5.41) is 2.84. The second-order valence-corrected chi connectivity index (χ2v) is 6.25.